The molecule has 1 amide bonds. The number of hydrogen-bond donors (Lipinski definition) is 0. The van der Waals surface area contributed by atoms with E-state index >= 15 is 0 Å². The van der Waals surface area contributed by atoms with Crippen molar-refractivity contribution >= 4 is 23.6 Å². The van der Waals surface area contributed by atoms with E-state index < -0.39 is 0 Å². The highest BCUT2D eigenvalue weighted by Gasteiger charge is 2.30. The molecule has 0 aromatic carbocycles. The highest BCUT2D eigenvalue weighted by Crippen LogP contribution is 2.28. The fraction of sp³-hybridized carbons (Fsp3) is 0.818. The molecule has 1 atom stereocenters. The zero-order valence-corrected chi connectivity index (χ0v) is 10.9. The predicted octanol–water partition coefficient (Wildman–Crippen LogP) is 1.29. The third-order valence-electron chi connectivity index (χ3n) is 2.64. The van der Waals surface area contributed by atoms with E-state index in [2.05, 4.69) is 4.74 Å². The third kappa shape index (κ3) is 3.40. The summed E-state index contributed by atoms with van der Waals surface area (Å²) in [6.45, 7) is 3.89. The second kappa shape index (κ2) is 6.13. The number of thioether (sulfide) groups is 1. The minimum atomic E-state index is -0.356. The van der Waals surface area contributed by atoms with Crippen LogP contribution in [0.5, 0.6) is 0 Å². The van der Waals surface area contributed by atoms with Gasteiger partial charge >= 0.3 is 5.97 Å². The van der Waals surface area contributed by atoms with Crippen LogP contribution in [-0.4, -0.2) is 47.5 Å². The van der Waals surface area contributed by atoms with E-state index in [4.69, 9.17) is 0 Å². The van der Waals surface area contributed by atoms with Crippen molar-refractivity contribution in [3.05, 3.63) is 0 Å². The first-order chi connectivity index (χ1) is 7.56. The summed E-state index contributed by atoms with van der Waals surface area (Å²) in [5.74, 6) is 0.758. The predicted molar refractivity (Wildman–Crippen MR) is 64.3 cm³/mol. The van der Waals surface area contributed by atoms with Crippen molar-refractivity contribution in [2.24, 2.45) is 0 Å². The molecule has 0 aliphatic carbocycles. The van der Waals surface area contributed by atoms with Gasteiger partial charge in [0.15, 0.2) is 0 Å². The zero-order valence-electron chi connectivity index (χ0n) is 10.1. The van der Waals surface area contributed by atoms with Crippen molar-refractivity contribution in [1.82, 2.24) is 4.90 Å². The monoisotopic (exact) mass is 245 g/mol. The SMILES string of the molecule is COC(=O)CN(C(=O)C1CCCS1)C(C)C. The number of nitrogens with zero attached hydrogens (tertiary/aromatic N) is 1. The molecule has 0 bridgehead atoms. The van der Waals surface area contributed by atoms with E-state index in [0.29, 0.717) is 0 Å². The molecular weight excluding hydrogens is 226 g/mol. The Hall–Kier alpha value is -0.710. The summed E-state index contributed by atoms with van der Waals surface area (Å²) in [5, 5.41) is 0.0343. The lowest BCUT2D eigenvalue weighted by Gasteiger charge is -2.27. The summed E-state index contributed by atoms with van der Waals surface area (Å²) in [4.78, 5) is 25.0. The molecule has 1 rings (SSSR count). The van der Waals surface area contributed by atoms with Gasteiger partial charge in [-0.3, -0.25) is 9.59 Å². The minimum Gasteiger partial charge on any atom is -0.468 e. The maximum atomic E-state index is 12.1. The van der Waals surface area contributed by atoms with Crippen molar-refractivity contribution < 1.29 is 14.3 Å². The summed E-state index contributed by atoms with van der Waals surface area (Å²) in [6, 6.07) is 0.0350. The van der Waals surface area contributed by atoms with Gasteiger partial charge in [-0.05, 0) is 32.4 Å². The Morgan fingerprint density at radius 2 is 2.19 bits per heavy atom. The van der Waals surface area contributed by atoms with Gasteiger partial charge < -0.3 is 9.64 Å². The van der Waals surface area contributed by atoms with Crippen LogP contribution in [0.4, 0.5) is 0 Å². The summed E-state index contributed by atoms with van der Waals surface area (Å²) < 4.78 is 4.60. The molecule has 0 aromatic heterocycles. The molecule has 92 valence electrons. The zero-order chi connectivity index (χ0) is 12.1. The smallest absolute Gasteiger partial charge is 0.325 e. The first kappa shape index (κ1) is 13.4. The van der Waals surface area contributed by atoms with Crippen LogP contribution in [0.25, 0.3) is 0 Å². The molecule has 1 saturated heterocycles. The van der Waals surface area contributed by atoms with Gasteiger partial charge in [0, 0.05) is 6.04 Å². The van der Waals surface area contributed by atoms with Gasteiger partial charge in [0.2, 0.25) is 5.91 Å². The number of hydrogen-bond acceptors (Lipinski definition) is 4. The molecule has 4 nitrogen and oxygen atoms in total. The van der Waals surface area contributed by atoms with Gasteiger partial charge in [-0.2, -0.15) is 0 Å². The highest BCUT2D eigenvalue weighted by molar-refractivity contribution is 8.00. The van der Waals surface area contributed by atoms with E-state index in [1.165, 1.54) is 7.11 Å². The Labute approximate surface area is 101 Å². The molecule has 1 fully saturated rings. The van der Waals surface area contributed by atoms with Gasteiger partial charge in [-0.15, -0.1) is 11.8 Å². The number of methoxy groups -OCH3 is 1. The Bertz CT molecular complexity index is 262. The van der Waals surface area contributed by atoms with Crippen LogP contribution in [-0.2, 0) is 14.3 Å². The molecule has 5 heteroatoms. The van der Waals surface area contributed by atoms with Gasteiger partial charge in [0.1, 0.15) is 6.54 Å². The van der Waals surface area contributed by atoms with Crippen LogP contribution in [0, 0.1) is 0 Å². The Morgan fingerprint density at radius 3 is 2.62 bits per heavy atom. The van der Waals surface area contributed by atoms with Crippen LogP contribution in [0.2, 0.25) is 0 Å². The molecule has 1 unspecified atom stereocenters. The van der Waals surface area contributed by atoms with E-state index in [9.17, 15) is 9.59 Å². The van der Waals surface area contributed by atoms with Gasteiger partial charge in [0.05, 0.1) is 12.4 Å². The van der Waals surface area contributed by atoms with Crippen LogP contribution >= 0.6 is 11.8 Å². The van der Waals surface area contributed by atoms with Crippen LogP contribution in [0.15, 0.2) is 0 Å². The summed E-state index contributed by atoms with van der Waals surface area (Å²) in [5.41, 5.74) is 0. The topological polar surface area (TPSA) is 46.6 Å². The molecule has 0 saturated carbocycles. The average molecular weight is 245 g/mol. The molecule has 0 radical (unpaired) electrons. The number of carbonyl (C=O) groups excluding carboxylic acids is 2. The van der Waals surface area contributed by atoms with Gasteiger partial charge in [-0.1, -0.05) is 0 Å². The molecular formula is C11H19NO3S. The van der Waals surface area contributed by atoms with Crippen molar-refractivity contribution in [1.29, 1.82) is 0 Å². The second-order valence-corrected chi connectivity index (χ2v) is 5.45. The Kier molecular flexibility index (Phi) is 5.12. The normalized spacial score (nSPS) is 19.9. The van der Waals surface area contributed by atoms with Crippen molar-refractivity contribution in [3.63, 3.8) is 0 Å². The number of amides is 1. The molecule has 1 aliphatic rings. The Balaban J connectivity index is 2.61. The van der Waals surface area contributed by atoms with E-state index in [1.807, 2.05) is 13.8 Å². The number of rotatable bonds is 4. The van der Waals surface area contributed by atoms with E-state index in [1.54, 1.807) is 16.7 Å². The molecule has 0 N–H and O–H groups in total. The summed E-state index contributed by atoms with van der Waals surface area (Å²) in [7, 11) is 1.34. The number of carbonyl (C=O) groups is 2. The van der Waals surface area contributed by atoms with Crippen molar-refractivity contribution in [2.75, 3.05) is 19.4 Å². The van der Waals surface area contributed by atoms with Gasteiger partial charge in [-0.25, -0.2) is 0 Å². The lowest BCUT2D eigenvalue weighted by Crippen LogP contribution is -2.44. The average Bonchev–Trinajstić information content (AvgIpc) is 2.77. The quantitative estimate of drug-likeness (QED) is 0.700. The van der Waals surface area contributed by atoms with Crippen molar-refractivity contribution in [2.45, 2.75) is 38.0 Å². The lowest BCUT2D eigenvalue weighted by molar-refractivity contribution is -0.148. The fourth-order valence-electron chi connectivity index (χ4n) is 1.68. The van der Waals surface area contributed by atoms with Crippen molar-refractivity contribution in [3.8, 4) is 0 Å². The van der Waals surface area contributed by atoms with Crippen LogP contribution < -0.4 is 0 Å². The Morgan fingerprint density at radius 1 is 1.50 bits per heavy atom. The maximum absolute atomic E-state index is 12.1. The molecule has 16 heavy (non-hydrogen) atoms. The number of ether oxygens (including phenoxy) is 1. The van der Waals surface area contributed by atoms with Crippen LogP contribution in [0.1, 0.15) is 26.7 Å². The first-order valence-electron chi connectivity index (χ1n) is 5.55. The molecule has 0 spiro atoms. The van der Waals surface area contributed by atoms with E-state index in [-0.39, 0.29) is 29.7 Å². The second-order valence-electron chi connectivity index (χ2n) is 4.14. The summed E-state index contributed by atoms with van der Waals surface area (Å²) in [6.07, 6.45) is 2.01. The third-order valence-corrected chi connectivity index (χ3v) is 4.00. The lowest BCUT2D eigenvalue weighted by atomic mass is 10.2. The molecule has 0 aromatic rings. The van der Waals surface area contributed by atoms with Crippen LogP contribution in [0.3, 0.4) is 0 Å². The maximum Gasteiger partial charge on any atom is 0.325 e. The highest BCUT2D eigenvalue weighted by atomic mass is 32.2. The molecule has 1 heterocycles. The largest absolute Gasteiger partial charge is 0.468 e. The summed E-state index contributed by atoms with van der Waals surface area (Å²) >= 11 is 1.69. The fourth-order valence-corrected chi connectivity index (χ4v) is 2.91. The standard InChI is InChI=1S/C11H19NO3S/c1-8(2)12(7-10(13)15-3)11(14)9-5-4-6-16-9/h8-9H,4-7H2,1-3H3. The van der Waals surface area contributed by atoms with Gasteiger partial charge in [0.25, 0.3) is 0 Å². The molecule has 1 aliphatic heterocycles. The minimum absolute atomic E-state index is 0.0343. The number of esters is 1. The first-order valence-corrected chi connectivity index (χ1v) is 6.60. The van der Waals surface area contributed by atoms with E-state index in [0.717, 1.165) is 18.6 Å².